The minimum absolute atomic E-state index is 0.613. The summed E-state index contributed by atoms with van der Waals surface area (Å²) in [5.41, 5.74) is 1.28. The van der Waals surface area contributed by atoms with E-state index in [1.165, 1.54) is 5.69 Å². The first-order chi connectivity index (χ1) is 8.15. The molecule has 0 atom stereocenters. The van der Waals surface area contributed by atoms with Crippen molar-refractivity contribution < 1.29 is 0 Å². The molecule has 98 valence electrons. The lowest BCUT2D eigenvalue weighted by Gasteiger charge is -2.21. The van der Waals surface area contributed by atoms with E-state index < -0.39 is 0 Å². The summed E-state index contributed by atoms with van der Waals surface area (Å²) in [7, 11) is 2.16. The molecule has 1 rings (SSSR count). The average molecular weight is 238 g/mol. The van der Waals surface area contributed by atoms with Crippen LogP contribution in [-0.4, -0.2) is 40.9 Å². The monoisotopic (exact) mass is 238 g/mol. The molecule has 0 aromatic carbocycles. The van der Waals surface area contributed by atoms with E-state index in [-0.39, 0.29) is 0 Å². The lowest BCUT2D eigenvalue weighted by atomic mass is 10.3. The normalized spacial score (nSPS) is 11.6. The van der Waals surface area contributed by atoms with E-state index in [1.54, 1.807) is 0 Å². The van der Waals surface area contributed by atoms with Crippen molar-refractivity contribution in [3.63, 3.8) is 0 Å². The second kappa shape index (κ2) is 7.45. The largest absolute Gasteiger partial charge is 0.310 e. The molecule has 0 fully saturated rings. The molecule has 4 nitrogen and oxygen atoms in total. The maximum Gasteiger partial charge on any atom is 0.0522 e. The molecule has 0 saturated carbocycles. The Balaban J connectivity index is 2.24. The number of nitrogens with zero attached hydrogens (tertiary/aromatic N) is 3. The molecule has 1 heterocycles. The third-order valence-corrected chi connectivity index (χ3v) is 3.07. The molecule has 4 heteroatoms. The first-order valence-corrected chi connectivity index (χ1v) is 6.56. The van der Waals surface area contributed by atoms with Gasteiger partial charge in [0.1, 0.15) is 0 Å². The molecule has 17 heavy (non-hydrogen) atoms. The maximum absolute atomic E-state index is 4.31. The van der Waals surface area contributed by atoms with E-state index >= 15 is 0 Å². The third kappa shape index (κ3) is 4.88. The first kappa shape index (κ1) is 14.2. The number of aromatic nitrogens is 2. The van der Waals surface area contributed by atoms with Crippen molar-refractivity contribution in [2.45, 2.75) is 46.3 Å². The quantitative estimate of drug-likeness (QED) is 0.700. The van der Waals surface area contributed by atoms with Gasteiger partial charge in [0, 0.05) is 38.4 Å². The molecule has 1 aromatic heterocycles. The van der Waals surface area contributed by atoms with Gasteiger partial charge in [-0.3, -0.25) is 4.68 Å². The van der Waals surface area contributed by atoms with E-state index in [0.29, 0.717) is 6.04 Å². The topological polar surface area (TPSA) is 33.1 Å². The SMILES string of the molecule is CCCn1nccc1CNCCN(C)C(C)C. The van der Waals surface area contributed by atoms with Crippen molar-refractivity contribution in [1.82, 2.24) is 20.0 Å². The second-order valence-electron chi connectivity index (χ2n) is 4.80. The molecule has 0 aliphatic heterocycles. The number of nitrogens with one attached hydrogen (secondary N) is 1. The molecule has 0 aliphatic carbocycles. The van der Waals surface area contributed by atoms with Gasteiger partial charge in [0.15, 0.2) is 0 Å². The summed E-state index contributed by atoms with van der Waals surface area (Å²) in [6.07, 6.45) is 3.01. The van der Waals surface area contributed by atoms with E-state index in [4.69, 9.17) is 0 Å². The number of rotatable bonds is 8. The Morgan fingerprint density at radius 3 is 2.88 bits per heavy atom. The Morgan fingerprint density at radius 2 is 2.24 bits per heavy atom. The fourth-order valence-corrected chi connectivity index (χ4v) is 1.65. The van der Waals surface area contributed by atoms with Gasteiger partial charge in [0.25, 0.3) is 0 Å². The molecule has 0 spiro atoms. The molecule has 0 saturated heterocycles. The van der Waals surface area contributed by atoms with Crippen LogP contribution in [-0.2, 0) is 13.1 Å². The van der Waals surface area contributed by atoms with Crippen LogP contribution in [0.3, 0.4) is 0 Å². The third-order valence-electron chi connectivity index (χ3n) is 3.07. The van der Waals surface area contributed by atoms with Gasteiger partial charge in [0.05, 0.1) is 5.69 Å². The molecule has 0 radical (unpaired) electrons. The number of hydrogen-bond donors (Lipinski definition) is 1. The van der Waals surface area contributed by atoms with Gasteiger partial charge in [0.2, 0.25) is 0 Å². The van der Waals surface area contributed by atoms with Crippen molar-refractivity contribution >= 4 is 0 Å². The predicted octanol–water partition coefficient (Wildman–Crippen LogP) is 1.72. The molecule has 0 bridgehead atoms. The number of hydrogen-bond acceptors (Lipinski definition) is 3. The highest BCUT2D eigenvalue weighted by atomic mass is 15.3. The van der Waals surface area contributed by atoms with E-state index in [2.05, 4.69) is 53.9 Å². The van der Waals surface area contributed by atoms with Crippen LogP contribution in [0.1, 0.15) is 32.9 Å². The van der Waals surface area contributed by atoms with Crippen LogP contribution in [0.2, 0.25) is 0 Å². The summed E-state index contributed by atoms with van der Waals surface area (Å²) in [6.45, 7) is 10.6. The highest BCUT2D eigenvalue weighted by Gasteiger charge is 2.03. The minimum Gasteiger partial charge on any atom is -0.310 e. The van der Waals surface area contributed by atoms with Crippen LogP contribution >= 0.6 is 0 Å². The Labute approximate surface area is 105 Å². The summed E-state index contributed by atoms with van der Waals surface area (Å²) in [6, 6.07) is 2.71. The fraction of sp³-hybridized carbons (Fsp3) is 0.769. The average Bonchev–Trinajstić information content (AvgIpc) is 2.72. The van der Waals surface area contributed by atoms with E-state index in [9.17, 15) is 0 Å². The zero-order chi connectivity index (χ0) is 12.7. The van der Waals surface area contributed by atoms with E-state index in [0.717, 1.165) is 32.6 Å². The first-order valence-electron chi connectivity index (χ1n) is 6.56. The molecule has 0 aliphatic rings. The summed E-state index contributed by atoms with van der Waals surface area (Å²) >= 11 is 0. The number of likely N-dealkylation sites (N-methyl/N-ethyl adjacent to an activating group) is 1. The zero-order valence-electron chi connectivity index (χ0n) is 11.6. The molecular formula is C13H26N4. The lowest BCUT2D eigenvalue weighted by Crippen LogP contribution is -2.33. The smallest absolute Gasteiger partial charge is 0.0522 e. The van der Waals surface area contributed by atoms with Gasteiger partial charge < -0.3 is 10.2 Å². The van der Waals surface area contributed by atoms with Crippen LogP contribution in [0.4, 0.5) is 0 Å². The Hall–Kier alpha value is -0.870. The maximum atomic E-state index is 4.31. The molecule has 1 aromatic rings. The van der Waals surface area contributed by atoms with Crippen molar-refractivity contribution in [2.24, 2.45) is 0 Å². The summed E-state index contributed by atoms with van der Waals surface area (Å²) in [4.78, 5) is 2.34. The van der Waals surface area contributed by atoms with Crippen molar-refractivity contribution in [3.05, 3.63) is 18.0 Å². The van der Waals surface area contributed by atoms with Crippen LogP contribution in [0.15, 0.2) is 12.3 Å². The molecular weight excluding hydrogens is 212 g/mol. The summed E-state index contributed by atoms with van der Waals surface area (Å²) < 4.78 is 2.08. The van der Waals surface area contributed by atoms with Crippen molar-refractivity contribution in [3.8, 4) is 0 Å². The van der Waals surface area contributed by atoms with Crippen molar-refractivity contribution in [1.29, 1.82) is 0 Å². The van der Waals surface area contributed by atoms with Gasteiger partial charge in [-0.15, -0.1) is 0 Å². The fourth-order valence-electron chi connectivity index (χ4n) is 1.65. The molecule has 0 amide bonds. The summed E-state index contributed by atoms with van der Waals surface area (Å²) in [5, 5.41) is 7.78. The lowest BCUT2D eigenvalue weighted by molar-refractivity contribution is 0.273. The predicted molar refractivity (Wildman–Crippen MR) is 72.0 cm³/mol. The Bertz CT molecular complexity index is 306. The van der Waals surface area contributed by atoms with Gasteiger partial charge >= 0.3 is 0 Å². The number of aryl methyl sites for hydroxylation is 1. The highest BCUT2D eigenvalue weighted by molar-refractivity contribution is 4.99. The Kier molecular flexibility index (Phi) is 6.22. The Morgan fingerprint density at radius 1 is 1.47 bits per heavy atom. The zero-order valence-corrected chi connectivity index (χ0v) is 11.6. The molecule has 1 N–H and O–H groups in total. The van der Waals surface area contributed by atoms with Crippen LogP contribution in [0.25, 0.3) is 0 Å². The van der Waals surface area contributed by atoms with Gasteiger partial charge in [-0.2, -0.15) is 5.10 Å². The minimum atomic E-state index is 0.613. The van der Waals surface area contributed by atoms with Crippen LogP contribution in [0.5, 0.6) is 0 Å². The summed E-state index contributed by atoms with van der Waals surface area (Å²) in [5.74, 6) is 0. The van der Waals surface area contributed by atoms with E-state index in [1.807, 2.05) is 6.20 Å². The van der Waals surface area contributed by atoms with Crippen LogP contribution in [0, 0.1) is 0 Å². The standard InChI is InChI=1S/C13H26N4/c1-5-9-17-13(6-7-15-17)11-14-8-10-16(4)12(2)3/h6-7,12,14H,5,8-11H2,1-4H3. The molecule has 0 unspecified atom stereocenters. The highest BCUT2D eigenvalue weighted by Crippen LogP contribution is 1.99. The van der Waals surface area contributed by atoms with Crippen molar-refractivity contribution in [2.75, 3.05) is 20.1 Å². The van der Waals surface area contributed by atoms with Gasteiger partial charge in [-0.25, -0.2) is 0 Å². The van der Waals surface area contributed by atoms with Crippen LogP contribution < -0.4 is 5.32 Å². The van der Waals surface area contributed by atoms with Gasteiger partial charge in [-0.05, 0) is 33.4 Å². The second-order valence-corrected chi connectivity index (χ2v) is 4.80. The van der Waals surface area contributed by atoms with Gasteiger partial charge in [-0.1, -0.05) is 6.92 Å².